The van der Waals surface area contributed by atoms with Crippen molar-refractivity contribution >= 4 is 58.4 Å². The number of hydrogen-bond acceptors (Lipinski definition) is 1. The highest BCUT2D eigenvalue weighted by Gasteiger charge is 2.15. The van der Waals surface area contributed by atoms with E-state index in [1.165, 1.54) is 12.1 Å². The van der Waals surface area contributed by atoms with Gasteiger partial charge in [-0.25, -0.2) is 4.79 Å². The molecule has 0 aliphatic heterocycles. The highest BCUT2D eigenvalue weighted by atomic mass is 35.5. The number of carboxylic acids is 1. The molecular weight excluding hydrogens is 354 g/mol. The van der Waals surface area contributed by atoms with Crippen LogP contribution >= 0.6 is 46.4 Å². The van der Waals surface area contributed by atoms with Gasteiger partial charge in [0.2, 0.25) is 0 Å². The van der Waals surface area contributed by atoms with Gasteiger partial charge in [-0.15, -0.1) is 0 Å². The molecule has 108 valence electrons. The van der Waals surface area contributed by atoms with Crippen LogP contribution in [0.1, 0.15) is 5.56 Å². The maximum Gasteiger partial charge on any atom is 0.328 e. The standard InChI is InChI=1S/C15H8Cl4O2/c16-9-6-10(15(19)12(18)7-9)14-8(4-5-13(20)21)2-1-3-11(14)17/h1-7H,(H,20,21)/b5-4-. The van der Waals surface area contributed by atoms with Crippen LogP contribution in [-0.4, -0.2) is 11.1 Å². The van der Waals surface area contributed by atoms with Crippen LogP contribution in [0.2, 0.25) is 20.1 Å². The molecule has 6 heteroatoms. The van der Waals surface area contributed by atoms with Crippen molar-refractivity contribution in [3.63, 3.8) is 0 Å². The summed E-state index contributed by atoms with van der Waals surface area (Å²) in [6, 6.07) is 8.28. The summed E-state index contributed by atoms with van der Waals surface area (Å²) in [5.74, 6) is -1.06. The van der Waals surface area contributed by atoms with Crippen LogP contribution in [0.4, 0.5) is 0 Å². The van der Waals surface area contributed by atoms with Crippen LogP contribution in [0.3, 0.4) is 0 Å². The van der Waals surface area contributed by atoms with E-state index in [1.807, 2.05) is 0 Å². The molecule has 0 aliphatic carbocycles. The maximum absolute atomic E-state index is 10.7. The average Bonchev–Trinajstić information content (AvgIpc) is 2.41. The molecule has 1 N–H and O–H groups in total. The molecule has 21 heavy (non-hydrogen) atoms. The summed E-state index contributed by atoms with van der Waals surface area (Å²) in [6.07, 6.45) is 2.46. The largest absolute Gasteiger partial charge is 0.478 e. The minimum atomic E-state index is -1.06. The summed E-state index contributed by atoms with van der Waals surface area (Å²) in [6.45, 7) is 0. The number of benzene rings is 2. The fourth-order valence-corrected chi connectivity index (χ4v) is 2.84. The molecule has 2 nitrogen and oxygen atoms in total. The van der Waals surface area contributed by atoms with Crippen molar-refractivity contribution in [2.45, 2.75) is 0 Å². The lowest BCUT2D eigenvalue weighted by atomic mass is 9.99. The lowest BCUT2D eigenvalue weighted by molar-refractivity contribution is -0.131. The average molecular weight is 362 g/mol. The van der Waals surface area contributed by atoms with Gasteiger partial charge in [0.1, 0.15) is 0 Å². The zero-order chi connectivity index (χ0) is 15.6. The molecular formula is C15H8Cl4O2. The highest BCUT2D eigenvalue weighted by Crippen LogP contribution is 2.41. The molecule has 0 atom stereocenters. The molecule has 0 bridgehead atoms. The van der Waals surface area contributed by atoms with E-state index in [9.17, 15) is 4.79 Å². The first-order valence-corrected chi connectivity index (χ1v) is 7.25. The van der Waals surface area contributed by atoms with E-state index >= 15 is 0 Å². The summed E-state index contributed by atoms with van der Waals surface area (Å²) >= 11 is 24.5. The van der Waals surface area contributed by atoms with E-state index < -0.39 is 5.97 Å². The first-order chi connectivity index (χ1) is 9.90. The highest BCUT2D eigenvalue weighted by molar-refractivity contribution is 6.45. The van der Waals surface area contributed by atoms with Crippen LogP contribution in [-0.2, 0) is 4.79 Å². The second-order valence-electron chi connectivity index (χ2n) is 4.12. The Hall–Kier alpha value is -1.19. The minimum Gasteiger partial charge on any atom is -0.478 e. The number of carbonyl (C=O) groups is 1. The van der Waals surface area contributed by atoms with Gasteiger partial charge < -0.3 is 5.11 Å². The Balaban J connectivity index is 2.72. The maximum atomic E-state index is 10.7. The number of rotatable bonds is 3. The van der Waals surface area contributed by atoms with Crippen LogP contribution < -0.4 is 0 Å². The molecule has 0 aliphatic rings. The Morgan fingerprint density at radius 2 is 1.76 bits per heavy atom. The third-order valence-corrected chi connectivity index (χ3v) is 4.05. The van der Waals surface area contributed by atoms with E-state index in [0.29, 0.717) is 36.8 Å². The van der Waals surface area contributed by atoms with E-state index in [2.05, 4.69) is 0 Å². The van der Waals surface area contributed by atoms with Gasteiger partial charge in [0, 0.05) is 27.2 Å². The van der Waals surface area contributed by atoms with Gasteiger partial charge in [-0.3, -0.25) is 0 Å². The van der Waals surface area contributed by atoms with Crippen molar-refractivity contribution < 1.29 is 9.90 Å². The van der Waals surface area contributed by atoms with E-state index in [1.54, 1.807) is 24.3 Å². The Morgan fingerprint density at radius 3 is 2.43 bits per heavy atom. The quantitative estimate of drug-likeness (QED) is 0.532. The zero-order valence-electron chi connectivity index (χ0n) is 10.4. The number of aliphatic carboxylic acids is 1. The second-order valence-corrected chi connectivity index (χ2v) is 5.75. The van der Waals surface area contributed by atoms with Crippen LogP contribution in [0.15, 0.2) is 36.4 Å². The van der Waals surface area contributed by atoms with Crippen LogP contribution in [0.25, 0.3) is 17.2 Å². The number of halogens is 4. The minimum absolute atomic E-state index is 0.298. The van der Waals surface area contributed by atoms with Crippen molar-refractivity contribution in [3.05, 3.63) is 62.1 Å². The first kappa shape index (κ1) is 16.2. The fourth-order valence-electron chi connectivity index (χ4n) is 1.86. The topological polar surface area (TPSA) is 37.3 Å². The Kier molecular flexibility index (Phi) is 5.17. The molecule has 2 aromatic rings. The molecule has 0 saturated carbocycles. The summed E-state index contributed by atoms with van der Waals surface area (Å²) in [4.78, 5) is 10.7. The molecule has 0 radical (unpaired) electrons. The van der Waals surface area contributed by atoms with Crippen LogP contribution in [0.5, 0.6) is 0 Å². The van der Waals surface area contributed by atoms with Crippen molar-refractivity contribution in [2.24, 2.45) is 0 Å². The van der Waals surface area contributed by atoms with E-state index in [4.69, 9.17) is 51.5 Å². The van der Waals surface area contributed by atoms with Crippen LogP contribution in [0, 0.1) is 0 Å². The summed E-state index contributed by atoms with van der Waals surface area (Å²) in [7, 11) is 0. The van der Waals surface area contributed by atoms with Gasteiger partial charge in [-0.05, 0) is 29.8 Å². The van der Waals surface area contributed by atoms with Gasteiger partial charge in [-0.2, -0.15) is 0 Å². The molecule has 0 saturated heterocycles. The monoisotopic (exact) mass is 360 g/mol. The predicted octanol–water partition coefficient (Wildman–Crippen LogP) is 6.07. The molecule has 0 amide bonds. The molecule has 2 aromatic carbocycles. The molecule has 0 aromatic heterocycles. The molecule has 0 unspecified atom stereocenters. The third kappa shape index (κ3) is 3.72. The summed E-state index contributed by atoms with van der Waals surface area (Å²) in [5.41, 5.74) is 1.72. The Morgan fingerprint density at radius 1 is 1.05 bits per heavy atom. The normalized spacial score (nSPS) is 11.0. The predicted molar refractivity (Wildman–Crippen MR) is 88.6 cm³/mol. The van der Waals surface area contributed by atoms with Crippen molar-refractivity contribution in [1.82, 2.24) is 0 Å². The van der Waals surface area contributed by atoms with Crippen molar-refractivity contribution in [2.75, 3.05) is 0 Å². The van der Waals surface area contributed by atoms with Gasteiger partial charge in [0.05, 0.1) is 10.0 Å². The first-order valence-electron chi connectivity index (χ1n) is 5.74. The van der Waals surface area contributed by atoms with Crippen molar-refractivity contribution in [1.29, 1.82) is 0 Å². The molecule has 2 rings (SSSR count). The third-order valence-electron chi connectivity index (χ3n) is 2.71. The molecule has 0 spiro atoms. The van der Waals surface area contributed by atoms with Gasteiger partial charge >= 0.3 is 5.97 Å². The van der Waals surface area contributed by atoms with E-state index in [-0.39, 0.29) is 0 Å². The molecule has 0 fully saturated rings. The summed E-state index contributed by atoms with van der Waals surface area (Å²) < 4.78 is 0. The number of carboxylic acid groups (broad SMARTS) is 1. The van der Waals surface area contributed by atoms with Gasteiger partial charge in [-0.1, -0.05) is 58.5 Å². The van der Waals surface area contributed by atoms with E-state index in [0.717, 1.165) is 6.08 Å². The van der Waals surface area contributed by atoms with Crippen molar-refractivity contribution in [3.8, 4) is 11.1 Å². The Labute approximate surface area is 141 Å². The van der Waals surface area contributed by atoms with Gasteiger partial charge in [0.15, 0.2) is 0 Å². The molecule has 0 heterocycles. The summed E-state index contributed by atoms with van der Waals surface area (Å²) in [5, 5.41) is 10.2. The lowest BCUT2D eigenvalue weighted by Gasteiger charge is -2.12. The smallest absolute Gasteiger partial charge is 0.328 e. The SMILES string of the molecule is O=C(O)/C=C\c1cccc(Cl)c1-c1cc(Cl)cc(Cl)c1Cl. The zero-order valence-corrected chi connectivity index (χ0v) is 13.4. The van der Waals surface area contributed by atoms with Gasteiger partial charge in [0.25, 0.3) is 0 Å². The fraction of sp³-hybridized carbons (Fsp3) is 0. The Bertz CT molecular complexity index is 739. The number of hydrogen-bond donors (Lipinski definition) is 1. The lowest BCUT2D eigenvalue weighted by Crippen LogP contribution is -1.90. The second kappa shape index (κ2) is 6.71.